The number of halogens is 6. The predicted molar refractivity (Wildman–Crippen MR) is 138 cm³/mol. The quantitative estimate of drug-likeness (QED) is 0.207. The number of nitrogens with zero attached hydrogens (tertiary/aromatic N) is 1. The predicted octanol–water partition coefficient (Wildman–Crippen LogP) is 4.73. The molecule has 1 atom stereocenters. The van der Waals surface area contributed by atoms with E-state index in [4.69, 9.17) is 14.2 Å². The van der Waals surface area contributed by atoms with Gasteiger partial charge in [0.25, 0.3) is 11.5 Å². The van der Waals surface area contributed by atoms with Crippen LogP contribution in [-0.4, -0.2) is 61.7 Å². The zero-order valence-electron chi connectivity index (χ0n) is 22.9. The van der Waals surface area contributed by atoms with Gasteiger partial charge in [-0.25, -0.2) is 0 Å². The molecule has 1 unspecified atom stereocenters. The molecule has 1 aliphatic heterocycles. The molecular weight excluding hydrogens is 574 g/mol. The number of hydrogen-bond donors (Lipinski definition) is 2. The topological polar surface area (TPSA) is 97.3 Å². The third-order valence-corrected chi connectivity index (χ3v) is 6.77. The Morgan fingerprint density at radius 1 is 1.02 bits per heavy atom. The molecule has 230 valence electrons. The number of amides is 2. The lowest BCUT2D eigenvalue weighted by Gasteiger charge is -2.33. The maximum absolute atomic E-state index is 13.3. The molecule has 0 bridgehead atoms. The Morgan fingerprint density at radius 3 is 2.29 bits per heavy atom. The maximum Gasteiger partial charge on any atom is 0.430 e. The van der Waals surface area contributed by atoms with Gasteiger partial charge in [-0.3, -0.25) is 9.59 Å². The van der Waals surface area contributed by atoms with Crippen LogP contribution in [0.3, 0.4) is 0 Å². The number of benzene rings is 2. The first-order valence-corrected chi connectivity index (χ1v) is 12.7. The van der Waals surface area contributed by atoms with E-state index in [1.54, 1.807) is 31.2 Å². The summed E-state index contributed by atoms with van der Waals surface area (Å²) in [6.45, 7) is 3.20. The van der Waals surface area contributed by atoms with Crippen molar-refractivity contribution in [3.05, 3.63) is 65.2 Å². The highest BCUT2D eigenvalue weighted by molar-refractivity contribution is 5.89. The largest absolute Gasteiger partial charge is 0.489 e. The molecule has 2 N–H and O–H groups in total. The summed E-state index contributed by atoms with van der Waals surface area (Å²) in [5.41, 5.74) is -7.32. The van der Waals surface area contributed by atoms with Gasteiger partial charge in [0.15, 0.2) is 11.5 Å². The maximum atomic E-state index is 13.3. The van der Waals surface area contributed by atoms with Crippen LogP contribution in [0.5, 0.6) is 17.2 Å². The number of aryl methyl sites for hydroxylation is 1. The van der Waals surface area contributed by atoms with Gasteiger partial charge in [0.2, 0.25) is 13.2 Å². The van der Waals surface area contributed by atoms with Gasteiger partial charge in [0, 0.05) is 19.2 Å². The summed E-state index contributed by atoms with van der Waals surface area (Å²) in [5, 5.41) is 12.3. The lowest BCUT2D eigenvalue weighted by atomic mass is 9.90. The first-order valence-electron chi connectivity index (χ1n) is 12.7. The highest BCUT2D eigenvalue weighted by atomic mass is 19.4. The van der Waals surface area contributed by atoms with Crippen molar-refractivity contribution in [2.45, 2.75) is 50.2 Å². The Kier molecular flexibility index (Phi) is 9.70. The number of rotatable bonds is 12. The van der Waals surface area contributed by atoms with Crippen molar-refractivity contribution in [2.24, 2.45) is 0 Å². The molecule has 0 aromatic heterocycles. The van der Waals surface area contributed by atoms with Gasteiger partial charge in [0.05, 0.1) is 0 Å². The van der Waals surface area contributed by atoms with Gasteiger partial charge < -0.3 is 29.5 Å². The van der Waals surface area contributed by atoms with E-state index in [9.17, 15) is 41.0 Å². The summed E-state index contributed by atoms with van der Waals surface area (Å²) < 4.78 is 96.1. The minimum atomic E-state index is -6.00. The number of hydrogen-bond acceptors (Lipinski definition) is 6. The minimum Gasteiger partial charge on any atom is -0.489 e. The molecule has 0 saturated heterocycles. The Hall–Kier alpha value is -3.94. The van der Waals surface area contributed by atoms with Gasteiger partial charge in [-0.1, -0.05) is 31.6 Å². The lowest BCUT2D eigenvalue weighted by Crippen LogP contribution is -2.53. The molecule has 1 aliphatic rings. The summed E-state index contributed by atoms with van der Waals surface area (Å²) >= 11 is 0. The van der Waals surface area contributed by atoms with Gasteiger partial charge in [-0.05, 0) is 54.8 Å². The standard InChI is InChI=1S/C28H30F6N2O6/c1-4-7-18-14-20(26(39,27(29,30)31)28(32,33)34)9-10-21(18)40-13-6-5-12-36(3)24(38)25(2,35-16-37)19-8-11-22-23(15-19)42-17-41-22/h5-6,8-11,14-16,39H,4,7,12-13,17H2,1-3H3,(H,35,37)/b6-5+. The average molecular weight is 605 g/mol. The molecule has 0 fully saturated rings. The van der Waals surface area contributed by atoms with Gasteiger partial charge in [-0.2, -0.15) is 26.3 Å². The van der Waals surface area contributed by atoms with Crippen LogP contribution in [0.2, 0.25) is 0 Å². The summed E-state index contributed by atoms with van der Waals surface area (Å²) in [5.74, 6) is 0.522. The fourth-order valence-electron chi connectivity index (χ4n) is 4.40. The van der Waals surface area contributed by atoms with Crippen molar-refractivity contribution in [1.29, 1.82) is 0 Å². The van der Waals surface area contributed by atoms with Crippen LogP contribution in [0.1, 0.15) is 37.0 Å². The summed E-state index contributed by atoms with van der Waals surface area (Å²) in [6.07, 6.45) is -8.02. The van der Waals surface area contributed by atoms with Crippen LogP contribution in [0.4, 0.5) is 26.3 Å². The third-order valence-electron chi connectivity index (χ3n) is 6.77. The molecule has 0 radical (unpaired) electrons. The zero-order chi connectivity index (χ0) is 31.3. The fraction of sp³-hybridized carbons (Fsp3) is 0.429. The summed E-state index contributed by atoms with van der Waals surface area (Å²) in [4.78, 5) is 26.0. The van der Waals surface area contributed by atoms with Crippen molar-refractivity contribution in [3.8, 4) is 17.2 Å². The molecule has 2 aromatic carbocycles. The third kappa shape index (κ3) is 6.42. The lowest BCUT2D eigenvalue weighted by molar-refractivity contribution is -0.376. The molecule has 2 amide bonds. The van der Waals surface area contributed by atoms with Crippen LogP contribution < -0.4 is 19.5 Å². The van der Waals surface area contributed by atoms with E-state index in [1.165, 1.54) is 24.9 Å². The van der Waals surface area contributed by atoms with E-state index in [2.05, 4.69) is 5.32 Å². The molecule has 0 aliphatic carbocycles. The number of alkyl halides is 6. The Balaban J connectivity index is 1.70. The highest BCUT2D eigenvalue weighted by Gasteiger charge is 2.71. The number of ether oxygens (including phenoxy) is 3. The molecule has 0 spiro atoms. The Labute approximate surface area is 237 Å². The van der Waals surface area contributed by atoms with Crippen LogP contribution >= 0.6 is 0 Å². The smallest absolute Gasteiger partial charge is 0.430 e. The van der Waals surface area contributed by atoms with Gasteiger partial charge >= 0.3 is 12.4 Å². The van der Waals surface area contributed by atoms with Crippen LogP contribution in [-0.2, 0) is 27.1 Å². The number of carbonyl (C=O) groups excluding carboxylic acids is 2. The number of aliphatic hydroxyl groups is 1. The van der Waals surface area contributed by atoms with Crippen molar-refractivity contribution >= 4 is 12.3 Å². The highest BCUT2D eigenvalue weighted by Crippen LogP contribution is 2.50. The zero-order valence-corrected chi connectivity index (χ0v) is 22.9. The van der Waals surface area contributed by atoms with Crippen molar-refractivity contribution in [1.82, 2.24) is 10.2 Å². The second-order valence-electron chi connectivity index (χ2n) is 9.70. The van der Waals surface area contributed by atoms with Gasteiger partial charge in [0.1, 0.15) is 17.9 Å². The second-order valence-corrected chi connectivity index (χ2v) is 9.70. The number of carbonyl (C=O) groups is 2. The molecule has 14 heteroatoms. The van der Waals surface area contributed by atoms with Crippen LogP contribution in [0.15, 0.2) is 48.6 Å². The van der Waals surface area contributed by atoms with E-state index in [0.29, 0.717) is 42.0 Å². The van der Waals surface area contributed by atoms with Gasteiger partial charge in [-0.15, -0.1) is 0 Å². The van der Waals surface area contributed by atoms with E-state index in [0.717, 1.165) is 6.07 Å². The summed E-state index contributed by atoms with van der Waals surface area (Å²) in [6, 6.07) is 6.98. The number of nitrogens with one attached hydrogen (secondary N) is 1. The van der Waals surface area contributed by atoms with Crippen molar-refractivity contribution in [3.63, 3.8) is 0 Å². The van der Waals surface area contributed by atoms with Crippen molar-refractivity contribution in [2.75, 3.05) is 27.0 Å². The number of fused-ring (bicyclic) bond motifs is 1. The average Bonchev–Trinajstić information content (AvgIpc) is 3.39. The fourth-order valence-corrected chi connectivity index (χ4v) is 4.40. The Bertz CT molecular complexity index is 1300. The SMILES string of the molecule is CCCc1cc(C(O)(C(F)(F)F)C(F)(F)F)ccc1OC/C=C/CN(C)C(=O)C(C)(NC=O)c1ccc2c(c1)OCO2. The Morgan fingerprint density at radius 2 is 1.67 bits per heavy atom. The molecule has 42 heavy (non-hydrogen) atoms. The first-order chi connectivity index (χ1) is 19.6. The first kappa shape index (κ1) is 32.6. The minimum absolute atomic E-state index is 0.0325. The van der Waals surface area contributed by atoms with Crippen LogP contribution in [0, 0.1) is 0 Å². The molecule has 8 nitrogen and oxygen atoms in total. The number of likely N-dealkylation sites (N-methyl/N-ethyl adjacent to an activating group) is 1. The van der Waals surface area contributed by atoms with Crippen molar-refractivity contribution < 1.29 is 55.2 Å². The monoisotopic (exact) mass is 604 g/mol. The molecular formula is C28H30F6N2O6. The molecule has 2 aromatic rings. The second kappa shape index (κ2) is 12.5. The summed E-state index contributed by atoms with van der Waals surface area (Å²) in [7, 11) is 1.51. The normalized spacial score (nSPS) is 14.9. The van der Waals surface area contributed by atoms with E-state index < -0.39 is 35.0 Å². The van der Waals surface area contributed by atoms with Crippen LogP contribution in [0.25, 0.3) is 0 Å². The van der Waals surface area contributed by atoms with E-state index in [-0.39, 0.29) is 37.7 Å². The molecule has 1 heterocycles. The molecule has 3 rings (SSSR count). The van der Waals surface area contributed by atoms with E-state index >= 15 is 0 Å². The van der Waals surface area contributed by atoms with E-state index in [1.807, 2.05) is 0 Å². The molecule has 0 saturated carbocycles.